The Morgan fingerprint density at radius 2 is 1.00 bits per heavy atom. The highest BCUT2D eigenvalue weighted by atomic mass is 32.2. The highest BCUT2D eigenvalue weighted by molar-refractivity contribution is 7.86. The van der Waals surface area contributed by atoms with Gasteiger partial charge in [-0.1, -0.05) is 0 Å². The molecule has 0 amide bonds. The number of hydrogen-bond acceptors (Lipinski definition) is 6. The van der Waals surface area contributed by atoms with Crippen LogP contribution >= 0.6 is 0 Å². The lowest BCUT2D eigenvalue weighted by molar-refractivity contribution is 0.481. The maximum atomic E-state index is 11.9. The molecule has 2 aromatic rings. The van der Waals surface area contributed by atoms with E-state index >= 15 is 0 Å². The highest BCUT2D eigenvalue weighted by Gasteiger charge is 2.24. The summed E-state index contributed by atoms with van der Waals surface area (Å²) in [6.07, 6.45) is -0.198. The van der Waals surface area contributed by atoms with Crippen molar-refractivity contribution in [3.05, 3.63) is 47.5 Å². The van der Waals surface area contributed by atoms with Gasteiger partial charge in [0.05, 0.1) is 9.79 Å². The van der Waals surface area contributed by atoms with E-state index in [1.165, 1.54) is 36.4 Å². The molecule has 31 heavy (non-hydrogen) atoms. The molecule has 0 aliphatic carbocycles. The van der Waals surface area contributed by atoms with Gasteiger partial charge in [0.1, 0.15) is 11.5 Å². The van der Waals surface area contributed by atoms with Crippen molar-refractivity contribution in [3.8, 4) is 11.5 Å². The Morgan fingerprint density at radius 1 is 0.677 bits per heavy atom. The minimum atomic E-state index is -4.58. The van der Waals surface area contributed by atoms with Gasteiger partial charge in [0, 0.05) is 6.42 Å². The molecule has 12 heteroatoms. The molecule has 2 N–H and O–H groups in total. The van der Waals surface area contributed by atoms with Gasteiger partial charge in [-0.25, -0.2) is 0 Å². The van der Waals surface area contributed by atoms with Gasteiger partial charge >= 0.3 is 0 Å². The van der Waals surface area contributed by atoms with Crippen molar-refractivity contribution in [2.24, 2.45) is 0 Å². The summed E-state index contributed by atoms with van der Waals surface area (Å²) in [5.74, 6) is 0.814. The fourth-order valence-electron chi connectivity index (χ4n) is 2.93. The van der Waals surface area contributed by atoms with Crippen LogP contribution in [0.15, 0.2) is 46.2 Å². The van der Waals surface area contributed by atoms with Crippen LogP contribution in [0.2, 0.25) is 39.3 Å². The summed E-state index contributed by atoms with van der Waals surface area (Å²) >= 11 is 0. The zero-order valence-electron chi connectivity index (χ0n) is 18.3. The number of hydrogen-bond donors (Lipinski definition) is 2. The summed E-state index contributed by atoms with van der Waals surface area (Å²) in [6, 6.07) is 8.24. The van der Waals surface area contributed by atoms with E-state index in [0.717, 1.165) is 0 Å². The first-order valence-corrected chi connectivity index (χ1v) is 19.1. The molecule has 0 aliphatic rings. The molecule has 8 nitrogen and oxygen atoms in total. The van der Waals surface area contributed by atoms with E-state index in [2.05, 4.69) is 0 Å². The standard InChI is InChI=1S/C19H28O8S2Si2/c1-30(2,3)26-16-7-9-18(28(20,21)22)14(12-16)11-15-13-17(27-31(4,5)6)8-10-19(15)29(23,24)25/h7-10,12-13H,11H2,1-6H3,(H,20,21,22)(H,23,24,25). The molecule has 0 atom stereocenters. The molecular weight excluding hydrogens is 477 g/mol. The highest BCUT2D eigenvalue weighted by Crippen LogP contribution is 2.30. The van der Waals surface area contributed by atoms with Crippen LogP contribution in [-0.4, -0.2) is 42.6 Å². The van der Waals surface area contributed by atoms with Crippen LogP contribution in [0.25, 0.3) is 0 Å². The monoisotopic (exact) mass is 504 g/mol. The summed E-state index contributed by atoms with van der Waals surface area (Å²) in [5.41, 5.74) is 0.265. The molecule has 0 saturated heterocycles. The van der Waals surface area contributed by atoms with Gasteiger partial charge in [0.25, 0.3) is 20.2 Å². The van der Waals surface area contributed by atoms with E-state index in [1.54, 1.807) is 0 Å². The molecule has 2 rings (SSSR count). The molecule has 2 aromatic carbocycles. The second-order valence-electron chi connectivity index (χ2n) is 9.09. The normalized spacial score (nSPS) is 13.2. The molecule has 172 valence electrons. The Morgan fingerprint density at radius 3 is 1.26 bits per heavy atom. The van der Waals surface area contributed by atoms with Crippen LogP contribution in [0.1, 0.15) is 11.1 Å². The topological polar surface area (TPSA) is 127 Å². The summed E-state index contributed by atoms with van der Waals surface area (Å²) in [7, 11) is -13.2. The molecule has 0 aliphatic heterocycles. The molecule has 0 bridgehead atoms. The van der Waals surface area contributed by atoms with Crippen molar-refractivity contribution in [3.63, 3.8) is 0 Å². The Hall–Kier alpha value is -1.71. The number of benzene rings is 2. The first-order chi connectivity index (χ1) is 13.9. The van der Waals surface area contributed by atoms with E-state index in [-0.39, 0.29) is 27.3 Å². The molecule has 0 heterocycles. The van der Waals surface area contributed by atoms with Gasteiger partial charge in [-0.3, -0.25) is 9.11 Å². The quantitative estimate of drug-likeness (QED) is 0.404. The van der Waals surface area contributed by atoms with Crippen molar-refractivity contribution >= 4 is 36.9 Å². The van der Waals surface area contributed by atoms with Gasteiger partial charge in [0.2, 0.25) is 16.6 Å². The summed E-state index contributed by atoms with van der Waals surface area (Å²) < 4.78 is 78.8. The molecule has 0 fully saturated rings. The predicted molar refractivity (Wildman–Crippen MR) is 123 cm³/mol. The second-order valence-corrected chi connectivity index (χ2v) is 20.7. The van der Waals surface area contributed by atoms with Crippen molar-refractivity contribution in [1.29, 1.82) is 0 Å². The van der Waals surface area contributed by atoms with Crippen LogP contribution in [0, 0.1) is 0 Å². The van der Waals surface area contributed by atoms with E-state index in [4.69, 9.17) is 8.85 Å². The van der Waals surface area contributed by atoms with Crippen molar-refractivity contribution in [2.45, 2.75) is 55.5 Å². The summed E-state index contributed by atoms with van der Waals surface area (Å²) in [5, 5.41) is 0. The minimum Gasteiger partial charge on any atom is -0.544 e. The third-order valence-corrected chi connectivity index (χ3v) is 7.45. The van der Waals surface area contributed by atoms with E-state index in [1.807, 2.05) is 39.3 Å². The fraction of sp³-hybridized carbons (Fsp3) is 0.368. The number of rotatable bonds is 8. The molecule has 0 radical (unpaired) electrons. The van der Waals surface area contributed by atoms with Crippen LogP contribution in [0.4, 0.5) is 0 Å². The zero-order chi connectivity index (χ0) is 23.8. The Bertz CT molecular complexity index is 1080. The Kier molecular flexibility index (Phi) is 7.15. The van der Waals surface area contributed by atoms with Crippen LogP contribution in [-0.2, 0) is 26.7 Å². The second kappa shape index (κ2) is 8.67. The lowest BCUT2D eigenvalue weighted by Crippen LogP contribution is -2.29. The van der Waals surface area contributed by atoms with Gasteiger partial charge in [0.15, 0.2) is 0 Å². The zero-order valence-corrected chi connectivity index (χ0v) is 22.0. The lowest BCUT2D eigenvalue weighted by Gasteiger charge is -2.21. The summed E-state index contributed by atoms with van der Waals surface area (Å²) in [4.78, 5) is -0.735. The first-order valence-electron chi connectivity index (χ1n) is 9.44. The first kappa shape index (κ1) is 25.6. The molecule has 0 unspecified atom stereocenters. The average Bonchev–Trinajstić information content (AvgIpc) is 2.49. The van der Waals surface area contributed by atoms with Gasteiger partial charge in [-0.15, -0.1) is 0 Å². The largest absolute Gasteiger partial charge is 0.544 e. The van der Waals surface area contributed by atoms with Crippen LogP contribution in [0.3, 0.4) is 0 Å². The molecule has 0 aromatic heterocycles. The predicted octanol–water partition coefficient (Wildman–Crippen LogP) is 4.20. The maximum absolute atomic E-state index is 11.9. The van der Waals surface area contributed by atoms with Crippen LogP contribution < -0.4 is 8.85 Å². The van der Waals surface area contributed by atoms with E-state index in [0.29, 0.717) is 11.5 Å². The van der Waals surface area contributed by atoms with Gasteiger partial charge < -0.3 is 8.85 Å². The van der Waals surface area contributed by atoms with Crippen molar-refractivity contribution in [1.82, 2.24) is 0 Å². The SMILES string of the molecule is C[Si](C)(C)Oc1ccc(S(=O)(=O)O)c(Cc2cc(O[Si](C)(C)C)ccc2S(=O)(=O)O)c1. The summed E-state index contributed by atoms with van der Waals surface area (Å²) in [6.45, 7) is 11.7. The maximum Gasteiger partial charge on any atom is 0.294 e. The van der Waals surface area contributed by atoms with E-state index in [9.17, 15) is 25.9 Å². The fourth-order valence-corrected chi connectivity index (χ4v) is 6.00. The molecule has 0 saturated carbocycles. The minimum absolute atomic E-state index is 0.133. The molecular formula is C19H28O8S2Si2. The third kappa shape index (κ3) is 7.73. The van der Waals surface area contributed by atoms with E-state index < -0.39 is 36.9 Å². The van der Waals surface area contributed by atoms with Crippen LogP contribution in [0.5, 0.6) is 11.5 Å². The third-order valence-electron chi connectivity index (χ3n) is 3.85. The Balaban J connectivity index is 2.66. The Labute approximate surface area is 186 Å². The van der Waals surface area contributed by atoms with Crippen molar-refractivity contribution in [2.75, 3.05) is 0 Å². The van der Waals surface area contributed by atoms with Crippen molar-refractivity contribution < 1.29 is 34.8 Å². The average molecular weight is 505 g/mol. The smallest absolute Gasteiger partial charge is 0.294 e. The lowest BCUT2D eigenvalue weighted by atomic mass is 10.0. The molecule has 0 spiro atoms. The van der Waals surface area contributed by atoms with Gasteiger partial charge in [-0.2, -0.15) is 16.8 Å². The van der Waals surface area contributed by atoms with Gasteiger partial charge in [-0.05, 0) is 86.8 Å².